The number of nitrogens with zero attached hydrogens (tertiary/aromatic N) is 5. The van der Waals surface area contributed by atoms with E-state index in [-0.39, 0.29) is 49.1 Å². The van der Waals surface area contributed by atoms with Crippen molar-refractivity contribution >= 4 is 18.2 Å². The molecule has 1 unspecified atom stereocenters. The van der Waals surface area contributed by atoms with Crippen molar-refractivity contribution in [1.82, 2.24) is 14.5 Å². The highest BCUT2D eigenvalue weighted by Crippen LogP contribution is 2.37. The molecule has 0 N–H and O–H groups in total. The van der Waals surface area contributed by atoms with Crippen LogP contribution in [-0.2, 0) is 16.1 Å². The van der Waals surface area contributed by atoms with Gasteiger partial charge in [0.1, 0.15) is 11.9 Å². The lowest BCUT2D eigenvalue weighted by molar-refractivity contribution is -0.152. The predicted octanol–water partition coefficient (Wildman–Crippen LogP) is 1.62. The summed E-state index contributed by atoms with van der Waals surface area (Å²) in [5.74, 6) is 0.816. The molecular formula is C21H28F3N5O3. The van der Waals surface area contributed by atoms with Crippen molar-refractivity contribution in [2.75, 3.05) is 42.6 Å². The number of ether oxygens (including phenoxy) is 1. The number of anilines is 2. The quantitative estimate of drug-likeness (QED) is 0.629. The molecule has 176 valence electrons. The second kappa shape index (κ2) is 8.24. The molecule has 1 amide bonds. The van der Waals surface area contributed by atoms with E-state index >= 15 is 0 Å². The van der Waals surface area contributed by atoms with Gasteiger partial charge in [-0.1, -0.05) is 0 Å². The van der Waals surface area contributed by atoms with Crippen molar-refractivity contribution in [2.24, 2.45) is 5.92 Å². The lowest BCUT2D eigenvalue weighted by atomic mass is 9.93. The third kappa shape index (κ3) is 3.95. The van der Waals surface area contributed by atoms with Crippen LogP contribution < -0.4 is 15.4 Å². The molecular weight excluding hydrogens is 427 g/mol. The van der Waals surface area contributed by atoms with Crippen molar-refractivity contribution in [2.45, 2.75) is 63.0 Å². The minimum atomic E-state index is -4.40. The summed E-state index contributed by atoms with van der Waals surface area (Å²) in [5.41, 5.74) is -0.307. The van der Waals surface area contributed by atoms with E-state index in [0.29, 0.717) is 38.5 Å². The molecule has 4 aliphatic rings. The van der Waals surface area contributed by atoms with E-state index < -0.39 is 12.2 Å². The first-order valence-electron chi connectivity index (χ1n) is 11.4. The zero-order valence-corrected chi connectivity index (χ0v) is 17.8. The van der Waals surface area contributed by atoms with Gasteiger partial charge in [-0.2, -0.15) is 18.2 Å². The summed E-state index contributed by atoms with van der Waals surface area (Å²) in [5, 5.41) is 0. The molecule has 5 heterocycles. The highest BCUT2D eigenvalue weighted by Gasteiger charge is 2.47. The van der Waals surface area contributed by atoms with Gasteiger partial charge in [-0.15, -0.1) is 0 Å². The van der Waals surface area contributed by atoms with Crippen molar-refractivity contribution in [1.29, 1.82) is 0 Å². The molecule has 2 bridgehead atoms. The van der Waals surface area contributed by atoms with E-state index in [1.165, 1.54) is 15.5 Å². The number of carbonyl (C=O) groups is 1. The normalized spacial score (nSPS) is 28.3. The first kappa shape index (κ1) is 21.5. The molecule has 3 fully saturated rings. The Kier molecular flexibility index (Phi) is 5.55. The maximum Gasteiger partial charge on any atom is 0.408 e. The van der Waals surface area contributed by atoms with Gasteiger partial charge in [0.25, 0.3) is 5.56 Å². The van der Waals surface area contributed by atoms with Gasteiger partial charge in [0.05, 0.1) is 18.8 Å². The minimum absolute atomic E-state index is 0.00894. The van der Waals surface area contributed by atoms with Gasteiger partial charge in [0.2, 0.25) is 12.4 Å². The molecule has 1 aromatic rings. The average molecular weight is 455 g/mol. The smallest absolute Gasteiger partial charge is 0.374 e. The molecule has 3 atom stereocenters. The fourth-order valence-electron chi connectivity index (χ4n) is 5.55. The first-order valence-corrected chi connectivity index (χ1v) is 11.4. The van der Waals surface area contributed by atoms with Crippen LogP contribution in [0, 0.1) is 5.92 Å². The Balaban J connectivity index is 1.41. The lowest BCUT2D eigenvalue weighted by Crippen LogP contribution is -2.53. The van der Waals surface area contributed by atoms with Crippen LogP contribution >= 0.6 is 0 Å². The molecule has 5 rings (SSSR count). The Morgan fingerprint density at radius 2 is 1.97 bits per heavy atom. The van der Waals surface area contributed by atoms with Crippen LogP contribution in [0.4, 0.5) is 24.9 Å². The summed E-state index contributed by atoms with van der Waals surface area (Å²) in [4.78, 5) is 33.4. The summed E-state index contributed by atoms with van der Waals surface area (Å²) in [6.45, 7) is 2.62. The van der Waals surface area contributed by atoms with Gasteiger partial charge < -0.3 is 19.4 Å². The van der Waals surface area contributed by atoms with Crippen LogP contribution in [0.1, 0.15) is 32.1 Å². The molecule has 11 heteroatoms. The van der Waals surface area contributed by atoms with E-state index in [4.69, 9.17) is 4.74 Å². The second-order valence-corrected chi connectivity index (χ2v) is 9.31. The van der Waals surface area contributed by atoms with E-state index in [2.05, 4.69) is 4.98 Å². The minimum Gasteiger partial charge on any atom is -0.374 e. The number of aromatic nitrogens is 2. The van der Waals surface area contributed by atoms with E-state index in [9.17, 15) is 22.8 Å². The van der Waals surface area contributed by atoms with Crippen LogP contribution in [0.25, 0.3) is 0 Å². The van der Waals surface area contributed by atoms with Crippen molar-refractivity contribution < 1.29 is 22.7 Å². The molecule has 32 heavy (non-hydrogen) atoms. The summed E-state index contributed by atoms with van der Waals surface area (Å²) in [6.07, 6.45) is -0.664. The summed E-state index contributed by atoms with van der Waals surface area (Å²) in [7, 11) is 0. The predicted molar refractivity (Wildman–Crippen MR) is 111 cm³/mol. The number of carbonyl (C=O) groups excluding carboxylic acids is 1. The Morgan fingerprint density at radius 3 is 2.59 bits per heavy atom. The zero-order chi connectivity index (χ0) is 22.5. The molecule has 0 aliphatic carbocycles. The molecule has 0 spiro atoms. The summed E-state index contributed by atoms with van der Waals surface area (Å²) >= 11 is 0. The standard InChI is InChI=1S/C21H28F3N5O3/c22-21(23,24)17-4-8-28-19(31)10-18(29-11-16-9-15(29)12-32-16)25-20(28)27(17)7-3-14-1-5-26(13-30)6-2-14/h10,13-17H,1-9,11-12H2/t15-,16-,17?/m0/s1. The number of halogens is 3. The number of morpholine rings is 1. The van der Waals surface area contributed by atoms with E-state index in [0.717, 1.165) is 25.7 Å². The summed E-state index contributed by atoms with van der Waals surface area (Å²) in [6, 6.07) is -0.0858. The molecule has 8 nitrogen and oxygen atoms in total. The molecule has 0 saturated carbocycles. The Morgan fingerprint density at radius 1 is 1.19 bits per heavy atom. The number of rotatable bonds is 5. The number of piperidine rings is 1. The van der Waals surface area contributed by atoms with Crippen molar-refractivity contribution in [3.8, 4) is 0 Å². The van der Waals surface area contributed by atoms with Crippen LogP contribution in [0.15, 0.2) is 10.9 Å². The average Bonchev–Trinajstić information content (AvgIpc) is 3.41. The Labute approximate surface area is 183 Å². The van der Waals surface area contributed by atoms with Gasteiger partial charge in [-0.25, -0.2) is 0 Å². The third-order valence-electron chi connectivity index (χ3n) is 7.38. The van der Waals surface area contributed by atoms with Gasteiger partial charge in [-0.05, 0) is 38.0 Å². The molecule has 3 saturated heterocycles. The van der Waals surface area contributed by atoms with E-state index in [1.807, 2.05) is 4.90 Å². The fraction of sp³-hybridized carbons (Fsp3) is 0.762. The Hall–Kier alpha value is -2.30. The van der Waals surface area contributed by atoms with Crippen LogP contribution in [0.3, 0.4) is 0 Å². The number of fused-ring (bicyclic) bond motifs is 3. The number of amides is 1. The second-order valence-electron chi connectivity index (χ2n) is 9.31. The lowest BCUT2D eigenvalue weighted by Gasteiger charge is -2.40. The number of alkyl halides is 3. The maximum atomic E-state index is 13.9. The van der Waals surface area contributed by atoms with Gasteiger partial charge in [0.15, 0.2) is 0 Å². The van der Waals surface area contributed by atoms with Crippen LogP contribution in [0.2, 0.25) is 0 Å². The monoisotopic (exact) mass is 455 g/mol. The highest BCUT2D eigenvalue weighted by molar-refractivity contribution is 5.49. The first-order chi connectivity index (χ1) is 15.3. The molecule has 0 aromatic carbocycles. The maximum absolute atomic E-state index is 13.9. The highest BCUT2D eigenvalue weighted by atomic mass is 19.4. The largest absolute Gasteiger partial charge is 0.408 e. The van der Waals surface area contributed by atoms with Gasteiger partial charge in [0, 0.05) is 38.8 Å². The topological polar surface area (TPSA) is 70.9 Å². The fourth-order valence-corrected chi connectivity index (χ4v) is 5.55. The SMILES string of the molecule is O=CN1CCC(CCN2c3nc(N4C[C@@H]5C[C@H]4CO5)cc(=O)n3CCC2C(F)(F)F)CC1. The van der Waals surface area contributed by atoms with Crippen molar-refractivity contribution in [3.63, 3.8) is 0 Å². The van der Waals surface area contributed by atoms with Crippen LogP contribution in [-0.4, -0.2) is 78.0 Å². The van der Waals surface area contributed by atoms with E-state index in [1.54, 1.807) is 4.90 Å². The third-order valence-corrected chi connectivity index (χ3v) is 7.38. The molecule has 4 aliphatic heterocycles. The molecule has 0 radical (unpaired) electrons. The number of hydrogen-bond donors (Lipinski definition) is 0. The van der Waals surface area contributed by atoms with Crippen LogP contribution in [0.5, 0.6) is 0 Å². The number of hydrogen-bond acceptors (Lipinski definition) is 6. The number of likely N-dealkylation sites (tertiary alicyclic amines) is 1. The van der Waals surface area contributed by atoms with Gasteiger partial charge in [-0.3, -0.25) is 14.2 Å². The Bertz CT molecular complexity index is 915. The zero-order valence-electron chi connectivity index (χ0n) is 17.8. The summed E-state index contributed by atoms with van der Waals surface area (Å²) < 4.78 is 48.8. The van der Waals surface area contributed by atoms with Gasteiger partial charge >= 0.3 is 6.18 Å². The molecule has 1 aromatic heterocycles. The van der Waals surface area contributed by atoms with Crippen molar-refractivity contribution in [3.05, 3.63) is 16.4 Å².